The molecule has 29 heavy (non-hydrogen) atoms. The highest BCUT2D eigenvalue weighted by Crippen LogP contribution is 2.31. The Morgan fingerprint density at radius 2 is 2.21 bits per heavy atom. The van der Waals surface area contributed by atoms with E-state index in [0.29, 0.717) is 24.4 Å². The van der Waals surface area contributed by atoms with E-state index in [0.717, 1.165) is 38.6 Å². The van der Waals surface area contributed by atoms with Crippen molar-refractivity contribution in [1.29, 1.82) is 0 Å². The number of hydrogen-bond acceptors (Lipinski definition) is 6. The van der Waals surface area contributed by atoms with Crippen LogP contribution in [0.1, 0.15) is 17.6 Å². The van der Waals surface area contributed by atoms with Gasteiger partial charge in [-0.05, 0) is 23.6 Å². The number of hydrogen-bond donors (Lipinski definition) is 0. The van der Waals surface area contributed by atoms with Gasteiger partial charge in [0.25, 0.3) is 5.56 Å². The van der Waals surface area contributed by atoms with Gasteiger partial charge in [0, 0.05) is 43.5 Å². The summed E-state index contributed by atoms with van der Waals surface area (Å²) in [6, 6.07) is 5.88. The van der Waals surface area contributed by atoms with Crippen LogP contribution in [0.3, 0.4) is 0 Å². The van der Waals surface area contributed by atoms with Gasteiger partial charge < -0.3 is 4.57 Å². The molecule has 4 aromatic rings. The smallest absolute Gasteiger partial charge is 0.291 e. The molecular weight excluding hydrogens is 384 g/mol. The number of pyridine rings is 1. The van der Waals surface area contributed by atoms with Crippen molar-refractivity contribution < 1.29 is 0 Å². The van der Waals surface area contributed by atoms with Crippen LogP contribution in [-0.4, -0.2) is 37.1 Å². The standard InChI is InChI=1S/C21H20N6OS/c1-13-7-14(10-22-9-13)12-27-21(28)18-16(11-24-27)19-20(26(18)2)25-17(29-19)8-15-5-3-4-6-23-15/h3-7,10-11,13H,8-9,12H2,1-2H3. The van der Waals surface area contributed by atoms with Crippen molar-refractivity contribution in [2.45, 2.75) is 19.9 Å². The minimum atomic E-state index is -0.103. The van der Waals surface area contributed by atoms with E-state index in [1.165, 1.54) is 4.68 Å². The molecule has 0 radical (unpaired) electrons. The van der Waals surface area contributed by atoms with Gasteiger partial charge in [-0.3, -0.25) is 14.8 Å². The van der Waals surface area contributed by atoms with E-state index in [1.807, 2.05) is 36.0 Å². The van der Waals surface area contributed by atoms with Crippen molar-refractivity contribution in [2.75, 3.05) is 6.54 Å². The lowest BCUT2D eigenvalue weighted by Crippen LogP contribution is -2.25. The lowest BCUT2D eigenvalue weighted by atomic mass is 10.1. The lowest BCUT2D eigenvalue weighted by molar-refractivity contribution is 0.633. The van der Waals surface area contributed by atoms with Gasteiger partial charge in [0.05, 0.1) is 17.4 Å². The molecule has 0 aliphatic carbocycles. The fourth-order valence-corrected chi connectivity index (χ4v) is 4.86. The second kappa shape index (κ2) is 7.04. The van der Waals surface area contributed by atoms with Gasteiger partial charge in [0.1, 0.15) is 10.5 Å². The monoisotopic (exact) mass is 404 g/mol. The van der Waals surface area contributed by atoms with Gasteiger partial charge in [-0.2, -0.15) is 5.10 Å². The molecule has 5 rings (SSSR count). The summed E-state index contributed by atoms with van der Waals surface area (Å²) in [6.45, 7) is 3.35. The topological polar surface area (TPSA) is 78.0 Å². The zero-order valence-corrected chi connectivity index (χ0v) is 17.1. The number of thiazole rings is 1. The van der Waals surface area contributed by atoms with Gasteiger partial charge >= 0.3 is 0 Å². The molecule has 0 bridgehead atoms. The van der Waals surface area contributed by atoms with E-state index in [1.54, 1.807) is 23.7 Å². The van der Waals surface area contributed by atoms with E-state index in [-0.39, 0.29) is 5.56 Å². The molecule has 1 unspecified atom stereocenters. The predicted octanol–water partition coefficient (Wildman–Crippen LogP) is 2.98. The third-order valence-corrected chi connectivity index (χ3v) is 6.19. The summed E-state index contributed by atoms with van der Waals surface area (Å²) in [6.07, 6.45) is 8.24. The van der Waals surface area contributed by atoms with Crippen molar-refractivity contribution in [3.8, 4) is 0 Å². The quantitative estimate of drug-likeness (QED) is 0.524. The number of nitrogens with zero attached hydrogens (tertiary/aromatic N) is 6. The van der Waals surface area contributed by atoms with Gasteiger partial charge in [0.15, 0.2) is 5.65 Å². The maximum atomic E-state index is 13.1. The minimum Gasteiger partial charge on any atom is -0.323 e. The largest absolute Gasteiger partial charge is 0.323 e. The van der Waals surface area contributed by atoms with Gasteiger partial charge in [-0.25, -0.2) is 9.67 Å². The maximum absolute atomic E-state index is 13.1. The van der Waals surface area contributed by atoms with Crippen LogP contribution >= 0.6 is 11.3 Å². The number of dihydropyridines is 1. The van der Waals surface area contributed by atoms with E-state index >= 15 is 0 Å². The summed E-state index contributed by atoms with van der Waals surface area (Å²) in [7, 11) is 1.89. The Morgan fingerprint density at radius 3 is 3.00 bits per heavy atom. The highest BCUT2D eigenvalue weighted by molar-refractivity contribution is 7.19. The SMILES string of the molecule is CC1C=C(Cn2ncc3c4sc(Cc5ccccn5)nc4n(C)c3c2=O)C=NC1. The third-order valence-electron chi connectivity index (χ3n) is 5.11. The normalized spacial score (nSPS) is 16.6. The molecule has 0 N–H and O–H groups in total. The molecular formula is C21H20N6OS. The number of allylic oxidation sites excluding steroid dienone is 1. The number of aliphatic imine (C=N–C) groups is 1. The Balaban J connectivity index is 1.55. The Morgan fingerprint density at radius 1 is 1.31 bits per heavy atom. The Bertz CT molecular complexity index is 1330. The Kier molecular flexibility index (Phi) is 4.35. The van der Waals surface area contributed by atoms with Gasteiger partial charge in [0.2, 0.25) is 0 Å². The zero-order chi connectivity index (χ0) is 20.0. The minimum absolute atomic E-state index is 0.103. The van der Waals surface area contributed by atoms with Crippen LogP contribution in [0.25, 0.3) is 21.3 Å². The van der Waals surface area contributed by atoms with Crippen molar-refractivity contribution >= 4 is 38.8 Å². The van der Waals surface area contributed by atoms with Crippen molar-refractivity contribution in [3.05, 3.63) is 63.3 Å². The molecule has 146 valence electrons. The fourth-order valence-electron chi connectivity index (χ4n) is 3.74. The average molecular weight is 404 g/mol. The van der Waals surface area contributed by atoms with E-state index in [4.69, 9.17) is 4.98 Å². The van der Waals surface area contributed by atoms with Crippen molar-refractivity contribution in [1.82, 2.24) is 24.3 Å². The van der Waals surface area contributed by atoms with Crippen LogP contribution in [-0.2, 0) is 20.0 Å². The van der Waals surface area contributed by atoms with Gasteiger partial charge in [-0.15, -0.1) is 11.3 Å². The van der Waals surface area contributed by atoms with Gasteiger partial charge in [-0.1, -0.05) is 19.1 Å². The van der Waals surface area contributed by atoms with Crippen molar-refractivity contribution in [2.24, 2.45) is 18.0 Å². The lowest BCUT2D eigenvalue weighted by Gasteiger charge is -2.12. The van der Waals surface area contributed by atoms with E-state index < -0.39 is 0 Å². The summed E-state index contributed by atoms with van der Waals surface area (Å²) < 4.78 is 4.39. The number of rotatable bonds is 4. The van der Waals surface area contributed by atoms with Crippen molar-refractivity contribution in [3.63, 3.8) is 0 Å². The van der Waals surface area contributed by atoms with E-state index in [9.17, 15) is 4.79 Å². The highest BCUT2D eigenvalue weighted by atomic mass is 32.1. The number of aryl methyl sites for hydroxylation is 1. The third kappa shape index (κ3) is 3.19. The molecule has 0 saturated heterocycles. The molecule has 1 atom stereocenters. The molecule has 5 heterocycles. The molecule has 4 aromatic heterocycles. The molecule has 8 heteroatoms. The molecule has 0 amide bonds. The van der Waals surface area contributed by atoms with Crippen LogP contribution in [0.5, 0.6) is 0 Å². The molecule has 0 saturated carbocycles. The molecule has 7 nitrogen and oxygen atoms in total. The average Bonchev–Trinajstić information content (AvgIpc) is 3.23. The summed E-state index contributed by atoms with van der Waals surface area (Å²) in [5.41, 5.74) is 3.35. The van der Waals surface area contributed by atoms with Crippen LogP contribution in [0.2, 0.25) is 0 Å². The fraction of sp³-hybridized carbons (Fsp3) is 0.286. The first-order chi connectivity index (χ1) is 14.1. The number of fused-ring (bicyclic) bond motifs is 3. The molecule has 1 aliphatic rings. The van der Waals surface area contributed by atoms with Crippen LogP contribution in [0.15, 0.2) is 52.0 Å². The summed E-state index contributed by atoms with van der Waals surface area (Å²) in [4.78, 5) is 26.6. The maximum Gasteiger partial charge on any atom is 0.291 e. The molecule has 0 aromatic carbocycles. The van der Waals surface area contributed by atoms with Crippen LogP contribution in [0.4, 0.5) is 0 Å². The van der Waals surface area contributed by atoms with Crippen LogP contribution in [0, 0.1) is 5.92 Å². The first kappa shape index (κ1) is 17.9. The molecule has 0 spiro atoms. The zero-order valence-electron chi connectivity index (χ0n) is 16.2. The Hall–Kier alpha value is -3.13. The molecule has 0 fully saturated rings. The van der Waals surface area contributed by atoms with Crippen LogP contribution < -0.4 is 5.56 Å². The summed E-state index contributed by atoms with van der Waals surface area (Å²) >= 11 is 1.60. The first-order valence-corrected chi connectivity index (χ1v) is 10.4. The second-order valence-electron chi connectivity index (χ2n) is 7.40. The highest BCUT2D eigenvalue weighted by Gasteiger charge is 2.19. The summed E-state index contributed by atoms with van der Waals surface area (Å²) in [5, 5.41) is 6.27. The Labute approximate surface area is 171 Å². The predicted molar refractivity (Wildman–Crippen MR) is 116 cm³/mol. The van der Waals surface area contributed by atoms with E-state index in [2.05, 4.69) is 28.1 Å². The summed E-state index contributed by atoms with van der Waals surface area (Å²) in [5.74, 6) is 0.386. The number of aromatic nitrogens is 5. The second-order valence-corrected chi connectivity index (χ2v) is 8.48. The molecule has 1 aliphatic heterocycles. The first-order valence-electron chi connectivity index (χ1n) is 9.54.